The van der Waals surface area contributed by atoms with Gasteiger partial charge in [-0.3, -0.25) is 4.79 Å². The average molecular weight is 140 g/mol. The molecule has 2 heteroatoms. The van der Waals surface area contributed by atoms with Gasteiger partial charge in [-0.25, -0.2) is 0 Å². The van der Waals surface area contributed by atoms with Crippen LogP contribution in [-0.4, -0.2) is 18.0 Å². The molecule has 1 heterocycles. The summed E-state index contributed by atoms with van der Waals surface area (Å²) in [7, 11) is 0. The van der Waals surface area contributed by atoms with Gasteiger partial charge in [0.2, 0.25) is 0 Å². The molecule has 0 aromatic carbocycles. The number of epoxide rings is 1. The number of fused-ring (bicyclic) bond motifs is 1. The molecular weight excluding hydrogens is 128 g/mol. The fourth-order valence-corrected chi connectivity index (χ4v) is 1.62. The Hall–Kier alpha value is -0.370. The van der Waals surface area contributed by atoms with E-state index in [0.717, 1.165) is 32.1 Å². The molecule has 0 aromatic heterocycles. The molecule has 0 amide bonds. The lowest BCUT2D eigenvalue weighted by Gasteiger charge is -2.01. The number of Topliss-reactive ketones (excluding diaryl/α,β-unsaturated/α-hetero) is 1. The van der Waals surface area contributed by atoms with Crippen LogP contribution in [0.2, 0.25) is 0 Å². The first-order valence-electron chi connectivity index (χ1n) is 4.03. The van der Waals surface area contributed by atoms with Crippen molar-refractivity contribution in [1.82, 2.24) is 0 Å². The first kappa shape index (κ1) is 6.35. The number of carbonyl (C=O) groups is 1. The summed E-state index contributed by atoms with van der Waals surface area (Å²) in [6.07, 6.45) is 5.63. The molecule has 56 valence electrons. The van der Waals surface area contributed by atoms with Crippen LogP contribution >= 0.6 is 0 Å². The van der Waals surface area contributed by atoms with Crippen molar-refractivity contribution in [3.05, 3.63) is 0 Å². The van der Waals surface area contributed by atoms with Crippen LogP contribution < -0.4 is 0 Å². The van der Waals surface area contributed by atoms with E-state index in [-0.39, 0.29) is 0 Å². The van der Waals surface area contributed by atoms with Gasteiger partial charge in [0.15, 0.2) is 0 Å². The minimum Gasteiger partial charge on any atom is -0.370 e. The lowest BCUT2D eigenvalue weighted by molar-refractivity contribution is -0.119. The second-order valence-corrected chi connectivity index (χ2v) is 3.18. The number of hydrogen-bond donors (Lipinski definition) is 0. The Kier molecular flexibility index (Phi) is 1.49. The predicted molar refractivity (Wildman–Crippen MR) is 36.8 cm³/mol. The summed E-state index contributed by atoms with van der Waals surface area (Å²) in [4.78, 5) is 10.9. The van der Waals surface area contributed by atoms with Gasteiger partial charge < -0.3 is 4.74 Å². The van der Waals surface area contributed by atoms with Crippen molar-refractivity contribution in [1.29, 1.82) is 0 Å². The highest BCUT2D eigenvalue weighted by atomic mass is 16.6. The molecule has 2 rings (SSSR count). The molecule has 2 nitrogen and oxygen atoms in total. The number of rotatable bonds is 0. The predicted octanol–water partition coefficient (Wildman–Crippen LogP) is 1.29. The van der Waals surface area contributed by atoms with E-state index in [1.54, 1.807) is 0 Å². The molecule has 0 aromatic rings. The minimum atomic E-state index is 0.425. The van der Waals surface area contributed by atoms with Gasteiger partial charge in [0.05, 0.1) is 12.2 Å². The van der Waals surface area contributed by atoms with E-state index < -0.39 is 0 Å². The van der Waals surface area contributed by atoms with Gasteiger partial charge in [-0.05, 0) is 19.3 Å². The van der Waals surface area contributed by atoms with Crippen molar-refractivity contribution in [3.63, 3.8) is 0 Å². The van der Waals surface area contributed by atoms with Crippen molar-refractivity contribution in [3.8, 4) is 0 Å². The molecule has 2 atom stereocenters. The zero-order chi connectivity index (χ0) is 6.97. The Bertz CT molecular complexity index is 153. The Morgan fingerprint density at radius 1 is 1.20 bits per heavy atom. The van der Waals surface area contributed by atoms with E-state index in [0.29, 0.717) is 18.0 Å². The van der Waals surface area contributed by atoms with Crippen LogP contribution in [0.3, 0.4) is 0 Å². The zero-order valence-electron chi connectivity index (χ0n) is 6.01. The molecule has 0 N–H and O–H groups in total. The zero-order valence-corrected chi connectivity index (χ0v) is 6.01. The van der Waals surface area contributed by atoms with Crippen LogP contribution in [0.1, 0.15) is 32.1 Å². The summed E-state index contributed by atoms with van der Waals surface area (Å²) in [5.74, 6) is 0.425. The molecule has 0 bridgehead atoms. The summed E-state index contributed by atoms with van der Waals surface area (Å²) in [6.45, 7) is 0. The van der Waals surface area contributed by atoms with Crippen LogP contribution in [0, 0.1) is 0 Å². The van der Waals surface area contributed by atoms with Crippen LogP contribution in [0.4, 0.5) is 0 Å². The SMILES string of the molecule is O=C1CCC[C@H]2O[C@H]2CC1. The standard InChI is InChI=1S/C8H12O2/c9-6-2-1-3-7-8(10-7)5-4-6/h7-8H,1-5H2/t7-,8+/m1/s1. The van der Waals surface area contributed by atoms with Gasteiger partial charge in [-0.1, -0.05) is 0 Å². The van der Waals surface area contributed by atoms with Crippen LogP contribution in [0.5, 0.6) is 0 Å². The normalized spacial score (nSPS) is 39.8. The molecule has 2 aliphatic rings. The number of hydrogen-bond acceptors (Lipinski definition) is 2. The van der Waals surface area contributed by atoms with Crippen molar-refractivity contribution in [2.75, 3.05) is 0 Å². The van der Waals surface area contributed by atoms with Crippen molar-refractivity contribution < 1.29 is 9.53 Å². The third-order valence-electron chi connectivity index (χ3n) is 2.34. The van der Waals surface area contributed by atoms with E-state index >= 15 is 0 Å². The van der Waals surface area contributed by atoms with Gasteiger partial charge in [-0.2, -0.15) is 0 Å². The Balaban J connectivity index is 1.88. The highest BCUT2D eigenvalue weighted by Gasteiger charge is 2.38. The summed E-state index contributed by atoms with van der Waals surface area (Å²) in [5, 5.41) is 0. The van der Waals surface area contributed by atoms with Crippen molar-refractivity contribution >= 4 is 5.78 Å². The molecule has 1 saturated heterocycles. The molecule has 0 unspecified atom stereocenters. The number of ether oxygens (including phenoxy) is 1. The number of ketones is 1. The first-order valence-corrected chi connectivity index (χ1v) is 4.03. The highest BCUT2D eigenvalue weighted by molar-refractivity contribution is 5.78. The fraction of sp³-hybridized carbons (Fsp3) is 0.875. The molecule has 1 aliphatic heterocycles. The average Bonchev–Trinajstić information content (AvgIpc) is 2.59. The third kappa shape index (κ3) is 1.21. The lowest BCUT2D eigenvalue weighted by atomic mass is 10.0. The van der Waals surface area contributed by atoms with E-state index in [9.17, 15) is 4.79 Å². The maximum atomic E-state index is 10.9. The molecule has 0 radical (unpaired) electrons. The topological polar surface area (TPSA) is 29.6 Å². The maximum absolute atomic E-state index is 10.9. The summed E-state index contributed by atoms with van der Waals surface area (Å²) in [5.41, 5.74) is 0. The highest BCUT2D eigenvalue weighted by Crippen LogP contribution is 2.32. The third-order valence-corrected chi connectivity index (χ3v) is 2.34. The fourth-order valence-electron chi connectivity index (χ4n) is 1.62. The molecule has 0 spiro atoms. The van der Waals surface area contributed by atoms with Crippen LogP contribution in [-0.2, 0) is 9.53 Å². The van der Waals surface area contributed by atoms with Gasteiger partial charge >= 0.3 is 0 Å². The largest absolute Gasteiger partial charge is 0.370 e. The molecule has 1 aliphatic carbocycles. The Labute approximate surface area is 60.6 Å². The smallest absolute Gasteiger partial charge is 0.133 e. The second-order valence-electron chi connectivity index (χ2n) is 3.18. The number of carbonyl (C=O) groups excluding carboxylic acids is 1. The molecule has 1 saturated carbocycles. The lowest BCUT2D eigenvalue weighted by Crippen LogP contribution is -2.06. The van der Waals surface area contributed by atoms with E-state index in [4.69, 9.17) is 4.74 Å². The van der Waals surface area contributed by atoms with E-state index in [2.05, 4.69) is 0 Å². The Morgan fingerprint density at radius 2 is 2.00 bits per heavy atom. The van der Waals surface area contributed by atoms with Crippen molar-refractivity contribution in [2.24, 2.45) is 0 Å². The second kappa shape index (κ2) is 2.35. The maximum Gasteiger partial charge on any atom is 0.133 e. The Morgan fingerprint density at radius 3 is 2.90 bits per heavy atom. The van der Waals surface area contributed by atoms with Crippen molar-refractivity contribution in [2.45, 2.75) is 44.3 Å². The van der Waals surface area contributed by atoms with Gasteiger partial charge in [-0.15, -0.1) is 0 Å². The summed E-state index contributed by atoms with van der Waals surface area (Å²) < 4.78 is 5.33. The van der Waals surface area contributed by atoms with Gasteiger partial charge in [0.25, 0.3) is 0 Å². The van der Waals surface area contributed by atoms with Crippen LogP contribution in [0.25, 0.3) is 0 Å². The monoisotopic (exact) mass is 140 g/mol. The summed E-state index contributed by atoms with van der Waals surface area (Å²) in [6, 6.07) is 0. The van der Waals surface area contributed by atoms with Gasteiger partial charge in [0.1, 0.15) is 5.78 Å². The van der Waals surface area contributed by atoms with E-state index in [1.807, 2.05) is 0 Å². The minimum absolute atomic E-state index is 0.425. The quantitative estimate of drug-likeness (QED) is 0.474. The molecule has 2 fully saturated rings. The van der Waals surface area contributed by atoms with Crippen LogP contribution in [0.15, 0.2) is 0 Å². The summed E-state index contributed by atoms with van der Waals surface area (Å²) >= 11 is 0. The first-order chi connectivity index (χ1) is 4.86. The molecule has 10 heavy (non-hydrogen) atoms. The van der Waals surface area contributed by atoms with Gasteiger partial charge in [0, 0.05) is 12.8 Å². The molecular formula is C8H12O2. The van der Waals surface area contributed by atoms with E-state index in [1.165, 1.54) is 0 Å².